The molecule has 0 aliphatic heterocycles. The average molecular weight is 542 g/mol. The van der Waals surface area contributed by atoms with Crippen molar-refractivity contribution < 1.29 is 8.83 Å². The van der Waals surface area contributed by atoms with E-state index in [-0.39, 0.29) is 5.41 Å². The van der Waals surface area contributed by atoms with Crippen molar-refractivity contribution in [1.29, 1.82) is 0 Å². The van der Waals surface area contributed by atoms with Gasteiger partial charge < -0.3 is 13.7 Å². The van der Waals surface area contributed by atoms with Gasteiger partial charge in [0.15, 0.2) is 0 Å². The Morgan fingerprint density at radius 2 is 1.14 bits per heavy atom. The van der Waals surface area contributed by atoms with Gasteiger partial charge in [0.2, 0.25) is 0 Å². The lowest BCUT2D eigenvalue weighted by atomic mass is 9.80. The van der Waals surface area contributed by atoms with Crippen LogP contribution >= 0.6 is 0 Å². The van der Waals surface area contributed by atoms with Crippen LogP contribution in [0.4, 0.5) is 17.1 Å². The Morgan fingerprint density at radius 1 is 0.500 bits per heavy atom. The summed E-state index contributed by atoms with van der Waals surface area (Å²) in [6.45, 7) is 4.68. The fourth-order valence-electron chi connectivity index (χ4n) is 7.21. The van der Waals surface area contributed by atoms with Gasteiger partial charge in [-0.15, -0.1) is 0 Å². The molecule has 0 amide bonds. The van der Waals surface area contributed by atoms with Gasteiger partial charge in [-0.1, -0.05) is 86.6 Å². The highest BCUT2D eigenvalue weighted by atomic mass is 16.3. The lowest BCUT2D eigenvalue weighted by molar-refractivity contribution is 0.657. The van der Waals surface area contributed by atoms with Gasteiger partial charge in [0.25, 0.3) is 0 Å². The van der Waals surface area contributed by atoms with Crippen LogP contribution in [0.2, 0.25) is 0 Å². The number of benzene rings is 6. The lowest BCUT2D eigenvalue weighted by Crippen LogP contribution is -2.16. The molecule has 0 bridgehead atoms. The van der Waals surface area contributed by atoms with Gasteiger partial charge in [0.05, 0.1) is 11.1 Å². The summed E-state index contributed by atoms with van der Waals surface area (Å²) < 4.78 is 12.6. The van der Waals surface area contributed by atoms with Crippen molar-refractivity contribution in [3.63, 3.8) is 0 Å². The molecule has 2 heterocycles. The molecule has 0 spiro atoms. The molecule has 3 heteroatoms. The maximum atomic E-state index is 6.30. The van der Waals surface area contributed by atoms with E-state index in [4.69, 9.17) is 8.83 Å². The number of anilines is 3. The van der Waals surface area contributed by atoms with Crippen LogP contribution in [-0.4, -0.2) is 0 Å². The number of para-hydroxylation sites is 3. The third-order valence-electron chi connectivity index (χ3n) is 9.03. The third kappa shape index (κ3) is 3.11. The van der Waals surface area contributed by atoms with Gasteiger partial charge in [0.1, 0.15) is 22.3 Å². The SMILES string of the molecule is CC1(C)c2ccc(N(c3ccccc3)c3cccc4oc5ccccc5c34)cc2-c2ccc3oc4ccccc4c3c21. The van der Waals surface area contributed by atoms with Crippen molar-refractivity contribution in [2.45, 2.75) is 19.3 Å². The van der Waals surface area contributed by atoms with Gasteiger partial charge in [-0.25, -0.2) is 0 Å². The predicted molar refractivity (Wildman–Crippen MR) is 173 cm³/mol. The van der Waals surface area contributed by atoms with Gasteiger partial charge in [-0.2, -0.15) is 0 Å². The molecule has 0 radical (unpaired) electrons. The number of fused-ring (bicyclic) bond motifs is 10. The van der Waals surface area contributed by atoms with E-state index in [9.17, 15) is 0 Å². The van der Waals surface area contributed by atoms with Crippen LogP contribution in [0.15, 0.2) is 136 Å². The second-order valence-electron chi connectivity index (χ2n) is 11.7. The minimum atomic E-state index is -0.173. The zero-order chi connectivity index (χ0) is 28.0. The smallest absolute Gasteiger partial charge is 0.137 e. The minimum absolute atomic E-state index is 0.173. The zero-order valence-electron chi connectivity index (χ0n) is 23.4. The number of hydrogen-bond donors (Lipinski definition) is 0. The van der Waals surface area contributed by atoms with Crippen LogP contribution < -0.4 is 4.90 Å². The molecule has 2 aromatic heterocycles. The van der Waals surface area contributed by atoms with Gasteiger partial charge >= 0.3 is 0 Å². The first kappa shape index (κ1) is 23.4. The van der Waals surface area contributed by atoms with E-state index < -0.39 is 0 Å². The molecule has 1 aliphatic rings. The Kier molecular flexibility index (Phi) is 4.67. The van der Waals surface area contributed by atoms with Crippen molar-refractivity contribution in [3.8, 4) is 11.1 Å². The highest BCUT2D eigenvalue weighted by Crippen LogP contribution is 2.54. The van der Waals surface area contributed by atoms with Crippen LogP contribution in [0.25, 0.3) is 55.0 Å². The Hall–Kier alpha value is -5.28. The van der Waals surface area contributed by atoms with Gasteiger partial charge in [-0.3, -0.25) is 0 Å². The minimum Gasteiger partial charge on any atom is -0.456 e. The van der Waals surface area contributed by atoms with Crippen LogP contribution in [0.5, 0.6) is 0 Å². The van der Waals surface area contributed by atoms with Crippen LogP contribution in [0, 0.1) is 0 Å². The van der Waals surface area contributed by atoms with Gasteiger partial charge in [-0.05, 0) is 76.9 Å². The van der Waals surface area contributed by atoms with E-state index in [0.717, 1.165) is 50.2 Å². The number of rotatable bonds is 3. The first-order valence-electron chi connectivity index (χ1n) is 14.4. The van der Waals surface area contributed by atoms with E-state index in [2.05, 4.69) is 128 Å². The Bertz CT molecular complexity index is 2340. The second-order valence-corrected chi connectivity index (χ2v) is 11.7. The summed E-state index contributed by atoms with van der Waals surface area (Å²) in [4.78, 5) is 2.36. The highest BCUT2D eigenvalue weighted by molar-refractivity contribution is 6.14. The summed E-state index contributed by atoms with van der Waals surface area (Å²) in [5.41, 5.74) is 12.0. The lowest BCUT2D eigenvalue weighted by Gasteiger charge is -2.27. The molecule has 0 saturated heterocycles. The monoisotopic (exact) mass is 541 g/mol. The van der Waals surface area contributed by atoms with E-state index in [0.29, 0.717) is 0 Å². The fraction of sp³-hybridized carbons (Fsp3) is 0.0769. The van der Waals surface area contributed by atoms with Crippen LogP contribution in [0.1, 0.15) is 25.0 Å². The summed E-state index contributed by atoms with van der Waals surface area (Å²) in [6.07, 6.45) is 0. The first-order valence-corrected chi connectivity index (χ1v) is 14.4. The first-order chi connectivity index (χ1) is 20.6. The van der Waals surface area contributed by atoms with Crippen molar-refractivity contribution >= 4 is 60.9 Å². The summed E-state index contributed by atoms with van der Waals surface area (Å²) in [7, 11) is 0. The second kappa shape index (κ2) is 8.37. The standard InChI is InChI=1S/C39H27NO2/c1-39(2)30-21-19-25(23-29(30)26-20-22-35-37(38(26)39)28-14-7-9-17-33(28)42-35)40(24-11-4-3-5-12-24)31-15-10-18-34-36(31)27-13-6-8-16-32(27)41-34/h3-23H,1-2H3. The molecule has 0 saturated carbocycles. The summed E-state index contributed by atoms with van der Waals surface area (Å²) in [6, 6.07) is 45.0. The van der Waals surface area contributed by atoms with Crippen molar-refractivity contribution in [2.75, 3.05) is 4.90 Å². The fourth-order valence-corrected chi connectivity index (χ4v) is 7.21. The molecule has 0 unspecified atom stereocenters. The normalized spacial score (nSPS) is 13.7. The van der Waals surface area contributed by atoms with Crippen molar-refractivity contribution in [2.24, 2.45) is 0 Å². The Labute approximate surface area is 243 Å². The van der Waals surface area contributed by atoms with Gasteiger partial charge in [0, 0.05) is 32.9 Å². The summed E-state index contributed by atoms with van der Waals surface area (Å²) in [5.74, 6) is 0. The van der Waals surface area contributed by atoms with E-state index >= 15 is 0 Å². The molecule has 0 fully saturated rings. The Balaban J connectivity index is 1.32. The molecule has 6 aromatic carbocycles. The molecular formula is C39H27NO2. The number of hydrogen-bond acceptors (Lipinski definition) is 3. The zero-order valence-corrected chi connectivity index (χ0v) is 23.4. The number of nitrogens with zero attached hydrogens (tertiary/aromatic N) is 1. The maximum Gasteiger partial charge on any atom is 0.137 e. The molecule has 1 aliphatic carbocycles. The summed E-state index contributed by atoms with van der Waals surface area (Å²) >= 11 is 0. The molecule has 3 nitrogen and oxygen atoms in total. The molecule has 9 rings (SSSR count). The molecule has 200 valence electrons. The third-order valence-corrected chi connectivity index (χ3v) is 9.03. The molecule has 0 N–H and O–H groups in total. The molecule has 0 atom stereocenters. The van der Waals surface area contributed by atoms with Crippen LogP contribution in [-0.2, 0) is 5.41 Å². The molecule has 42 heavy (non-hydrogen) atoms. The molecule has 8 aromatic rings. The summed E-state index contributed by atoms with van der Waals surface area (Å²) in [5, 5.41) is 4.63. The van der Waals surface area contributed by atoms with E-state index in [1.807, 2.05) is 18.2 Å². The van der Waals surface area contributed by atoms with Crippen molar-refractivity contribution in [1.82, 2.24) is 0 Å². The number of furan rings is 2. The highest BCUT2D eigenvalue weighted by Gasteiger charge is 2.38. The van der Waals surface area contributed by atoms with Crippen LogP contribution in [0.3, 0.4) is 0 Å². The van der Waals surface area contributed by atoms with Crippen molar-refractivity contribution in [3.05, 3.63) is 139 Å². The maximum absolute atomic E-state index is 6.30. The van der Waals surface area contributed by atoms with E-state index in [1.54, 1.807) is 0 Å². The topological polar surface area (TPSA) is 29.5 Å². The molecular weight excluding hydrogens is 514 g/mol. The quantitative estimate of drug-likeness (QED) is 0.223. The van der Waals surface area contributed by atoms with E-state index in [1.165, 1.54) is 33.0 Å². The largest absolute Gasteiger partial charge is 0.456 e. The Morgan fingerprint density at radius 3 is 1.90 bits per heavy atom. The average Bonchev–Trinajstić information content (AvgIpc) is 3.66. The predicted octanol–water partition coefficient (Wildman–Crippen LogP) is 11.3.